The highest BCUT2D eigenvalue weighted by molar-refractivity contribution is 7.89. The van der Waals surface area contributed by atoms with Crippen LogP contribution in [0.25, 0.3) is 0 Å². The first-order valence-corrected chi connectivity index (χ1v) is 9.55. The van der Waals surface area contributed by atoms with Crippen molar-refractivity contribution in [2.24, 2.45) is 0 Å². The molecular weight excluding hydrogens is 306 g/mol. The average Bonchev–Trinajstić information content (AvgIpc) is 2.50. The van der Waals surface area contributed by atoms with Gasteiger partial charge in [0.15, 0.2) is 0 Å². The van der Waals surface area contributed by atoms with Crippen molar-refractivity contribution in [1.82, 2.24) is 4.72 Å². The summed E-state index contributed by atoms with van der Waals surface area (Å²) in [7, 11) is -3.43. The van der Waals surface area contributed by atoms with Crippen LogP contribution in [0.5, 0.6) is 0 Å². The summed E-state index contributed by atoms with van der Waals surface area (Å²) >= 11 is 0. The van der Waals surface area contributed by atoms with Gasteiger partial charge in [-0.2, -0.15) is 0 Å². The van der Waals surface area contributed by atoms with Crippen molar-refractivity contribution in [1.29, 1.82) is 0 Å². The predicted molar refractivity (Wildman–Crippen MR) is 95.2 cm³/mol. The maximum absolute atomic E-state index is 12.3. The highest BCUT2D eigenvalue weighted by Gasteiger charge is 2.13. The van der Waals surface area contributed by atoms with Crippen LogP contribution in [0.3, 0.4) is 0 Å². The molecular formula is C19H25NO2S. The minimum atomic E-state index is -3.43. The van der Waals surface area contributed by atoms with E-state index in [1.807, 2.05) is 12.1 Å². The molecule has 0 aliphatic rings. The second-order valence-electron chi connectivity index (χ2n) is 5.97. The van der Waals surface area contributed by atoms with E-state index < -0.39 is 10.0 Å². The van der Waals surface area contributed by atoms with Crippen molar-refractivity contribution in [2.45, 2.75) is 44.9 Å². The number of rotatable bonds is 7. The van der Waals surface area contributed by atoms with Gasteiger partial charge in [0.05, 0.1) is 4.90 Å². The fourth-order valence-electron chi connectivity index (χ4n) is 2.65. The molecule has 0 heterocycles. The molecule has 0 atom stereocenters. The fourth-order valence-corrected chi connectivity index (χ4v) is 3.69. The molecule has 2 aromatic rings. The Bertz CT molecular complexity index is 749. The van der Waals surface area contributed by atoms with E-state index in [1.165, 1.54) is 22.3 Å². The minimum Gasteiger partial charge on any atom is -0.211 e. The first-order valence-electron chi connectivity index (χ1n) is 8.07. The van der Waals surface area contributed by atoms with Gasteiger partial charge in [-0.25, -0.2) is 13.1 Å². The van der Waals surface area contributed by atoms with Gasteiger partial charge < -0.3 is 0 Å². The van der Waals surface area contributed by atoms with Gasteiger partial charge >= 0.3 is 0 Å². The van der Waals surface area contributed by atoms with Crippen LogP contribution in [0, 0.1) is 13.8 Å². The molecule has 0 aliphatic heterocycles. The number of aryl methyl sites for hydroxylation is 3. The maximum atomic E-state index is 12.3. The summed E-state index contributed by atoms with van der Waals surface area (Å²) < 4.78 is 27.3. The van der Waals surface area contributed by atoms with Crippen molar-refractivity contribution < 1.29 is 8.42 Å². The minimum absolute atomic E-state index is 0.331. The Labute approximate surface area is 139 Å². The Kier molecular flexibility index (Phi) is 5.97. The molecule has 2 rings (SSSR count). The molecule has 2 aromatic carbocycles. The molecule has 1 N–H and O–H groups in total. The molecule has 0 saturated heterocycles. The zero-order valence-electron chi connectivity index (χ0n) is 14.1. The van der Waals surface area contributed by atoms with E-state index in [0.717, 1.165) is 12.8 Å². The molecule has 0 bridgehead atoms. The van der Waals surface area contributed by atoms with Gasteiger partial charge in [-0.05, 0) is 55.5 Å². The number of hydrogen-bond donors (Lipinski definition) is 1. The monoisotopic (exact) mass is 331 g/mol. The lowest BCUT2D eigenvalue weighted by Gasteiger charge is -2.10. The third kappa shape index (κ3) is 4.91. The van der Waals surface area contributed by atoms with E-state index >= 15 is 0 Å². The summed E-state index contributed by atoms with van der Waals surface area (Å²) in [5.74, 6) is 0. The second kappa shape index (κ2) is 7.75. The molecule has 0 fully saturated rings. The van der Waals surface area contributed by atoms with Crippen LogP contribution in [0.1, 0.15) is 35.6 Å². The molecule has 0 amide bonds. The largest absolute Gasteiger partial charge is 0.240 e. The van der Waals surface area contributed by atoms with E-state index in [1.54, 1.807) is 12.1 Å². The van der Waals surface area contributed by atoms with E-state index in [4.69, 9.17) is 0 Å². The normalized spacial score (nSPS) is 11.6. The summed E-state index contributed by atoms with van der Waals surface area (Å²) in [6.07, 6.45) is 2.72. The van der Waals surface area contributed by atoms with Crippen LogP contribution in [0.2, 0.25) is 0 Å². The third-order valence-corrected chi connectivity index (χ3v) is 5.43. The summed E-state index contributed by atoms with van der Waals surface area (Å²) in [5.41, 5.74) is 4.77. The number of hydrogen-bond acceptors (Lipinski definition) is 2. The standard InChI is InChI=1S/C19H25NO2S/c1-4-5-17-7-10-19(11-8-17)23(21,22)20-13-12-18-9-6-15(2)14-16(18)3/h6-11,14,20H,4-5,12-13H2,1-3H3. The smallest absolute Gasteiger partial charge is 0.211 e. The van der Waals surface area contributed by atoms with E-state index in [2.05, 4.69) is 43.7 Å². The van der Waals surface area contributed by atoms with Gasteiger partial charge in [-0.1, -0.05) is 49.2 Å². The van der Waals surface area contributed by atoms with Crippen LogP contribution in [-0.2, 0) is 22.9 Å². The van der Waals surface area contributed by atoms with Gasteiger partial charge in [0, 0.05) is 6.54 Å². The molecule has 4 heteroatoms. The Hall–Kier alpha value is -1.65. The first-order chi connectivity index (χ1) is 10.9. The topological polar surface area (TPSA) is 46.2 Å². The predicted octanol–water partition coefficient (Wildman–Crippen LogP) is 3.78. The highest BCUT2D eigenvalue weighted by Crippen LogP contribution is 2.13. The van der Waals surface area contributed by atoms with Gasteiger partial charge in [0.25, 0.3) is 0 Å². The molecule has 124 valence electrons. The van der Waals surface area contributed by atoms with Gasteiger partial charge in [-0.3, -0.25) is 0 Å². The molecule has 23 heavy (non-hydrogen) atoms. The molecule has 0 spiro atoms. The van der Waals surface area contributed by atoms with Crippen LogP contribution >= 0.6 is 0 Å². The van der Waals surface area contributed by atoms with Crippen LogP contribution in [0.4, 0.5) is 0 Å². The SMILES string of the molecule is CCCc1ccc(S(=O)(=O)NCCc2ccc(C)cc2C)cc1. The highest BCUT2D eigenvalue weighted by atomic mass is 32.2. The average molecular weight is 331 g/mol. The van der Waals surface area contributed by atoms with Crippen LogP contribution in [-0.4, -0.2) is 15.0 Å². The summed E-state index contributed by atoms with van der Waals surface area (Å²) in [6.45, 7) is 6.63. The van der Waals surface area contributed by atoms with Crippen LogP contribution in [0.15, 0.2) is 47.4 Å². The summed E-state index contributed by atoms with van der Waals surface area (Å²) in [5, 5.41) is 0. The zero-order valence-corrected chi connectivity index (χ0v) is 14.9. The van der Waals surface area contributed by atoms with E-state index in [0.29, 0.717) is 17.9 Å². The van der Waals surface area contributed by atoms with Crippen molar-refractivity contribution in [3.8, 4) is 0 Å². The maximum Gasteiger partial charge on any atom is 0.240 e. The Morgan fingerprint density at radius 3 is 2.26 bits per heavy atom. The second-order valence-corrected chi connectivity index (χ2v) is 7.74. The lowest BCUT2D eigenvalue weighted by Crippen LogP contribution is -2.26. The lowest BCUT2D eigenvalue weighted by atomic mass is 10.0. The quantitative estimate of drug-likeness (QED) is 0.839. The van der Waals surface area contributed by atoms with Gasteiger partial charge in [0.1, 0.15) is 0 Å². The molecule has 0 unspecified atom stereocenters. The van der Waals surface area contributed by atoms with E-state index in [9.17, 15) is 8.42 Å². The Morgan fingerprint density at radius 1 is 0.957 bits per heavy atom. The van der Waals surface area contributed by atoms with E-state index in [-0.39, 0.29) is 0 Å². The first kappa shape index (κ1) is 17.7. The van der Waals surface area contributed by atoms with Crippen molar-refractivity contribution in [3.63, 3.8) is 0 Å². The fraction of sp³-hybridized carbons (Fsp3) is 0.368. The molecule has 3 nitrogen and oxygen atoms in total. The molecule has 0 radical (unpaired) electrons. The zero-order chi connectivity index (χ0) is 16.9. The summed E-state index contributed by atoms with van der Waals surface area (Å²) in [4.78, 5) is 0.331. The lowest BCUT2D eigenvalue weighted by molar-refractivity contribution is 0.581. The molecule has 0 aromatic heterocycles. The van der Waals surface area contributed by atoms with Crippen LogP contribution < -0.4 is 4.72 Å². The van der Waals surface area contributed by atoms with Gasteiger partial charge in [-0.15, -0.1) is 0 Å². The van der Waals surface area contributed by atoms with Gasteiger partial charge in [0.2, 0.25) is 10.0 Å². The van der Waals surface area contributed by atoms with Crippen molar-refractivity contribution in [3.05, 3.63) is 64.7 Å². The van der Waals surface area contributed by atoms with Crippen molar-refractivity contribution in [2.75, 3.05) is 6.54 Å². The number of nitrogens with one attached hydrogen (secondary N) is 1. The Morgan fingerprint density at radius 2 is 1.65 bits per heavy atom. The summed E-state index contributed by atoms with van der Waals surface area (Å²) in [6, 6.07) is 13.4. The van der Waals surface area contributed by atoms with Crippen molar-refractivity contribution >= 4 is 10.0 Å². The molecule has 0 saturated carbocycles. The molecule has 0 aliphatic carbocycles. The Balaban J connectivity index is 1.98. The number of sulfonamides is 1. The third-order valence-electron chi connectivity index (χ3n) is 3.96. The number of benzene rings is 2.